The number of nitrogens with one attached hydrogen (secondary N) is 1. The molecule has 0 saturated carbocycles. The molecule has 3 amide bonds. The van der Waals surface area contributed by atoms with Crippen LogP contribution in [0.5, 0.6) is 0 Å². The highest BCUT2D eigenvalue weighted by molar-refractivity contribution is 6.22. The van der Waals surface area contributed by atoms with E-state index in [0.29, 0.717) is 19.4 Å². The van der Waals surface area contributed by atoms with Gasteiger partial charge < -0.3 is 5.11 Å². The molecule has 8 nitrogen and oxygen atoms in total. The third-order valence-corrected chi connectivity index (χ3v) is 3.94. The van der Waals surface area contributed by atoms with E-state index in [2.05, 4.69) is 5.43 Å². The molecule has 0 radical (unpaired) electrons. The molecule has 1 aromatic carbocycles. The molecular formula is C15H15N3O5. The Bertz CT molecular complexity index is 667. The summed E-state index contributed by atoms with van der Waals surface area (Å²) in [6.45, 7) is -0.128. The lowest BCUT2D eigenvalue weighted by atomic mass is 10.1. The summed E-state index contributed by atoms with van der Waals surface area (Å²) >= 11 is 0. The maximum absolute atomic E-state index is 12.6. The number of fused-ring (bicyclic) bond motifs is 1. The predicted octanol–water partition coefficient (Wildman–Crippen LogP) is -0.137. The van der Waals surface area contributed by atoms with Crippen molar-refractivity contribution in [1.29, 1.82) is 0 Å². The Kier molecular flexibility index (Phi) is 3.83. The highest BCUT2D eigenvalue weighted by atomic mass is 16.4. The van der Waals surface area contributed by atoms with Crippen molar-refractivity contribution in [3.05, 3.63) is 35.4 Å². The molecule has 1 aromatic rings. The van der Waals surface area contributed by atoms with E-state index >= 15 is 0 Å². The second-order valence-corrected chi connectivity index (χ2v) is 5.41. The molecule has 0 bridgehead atoms. The van der Waals surface area contributed by atoms with Gasteiger partial charge in [-0.15, -0.1) is 0 Å². The van der Waals surface area contributed by atoms with Gasteiger partial charge >= 0.3 is 5.97 Å². The lowest BCUT2D eigenvalue weighted by Crippen LogP contribution is -2.54. The van der Waals surface area contributed by atoms with Gasteiger partial charge in [0.15, 0.2) is 0 Å². The van der Waals surface area contributed by atoms with E-state index in [-0.39, 0.29) is 11.1 Å². The minimum absolute atomic E-state index is 0.271. The molecule has 2 aliphatic heterocycles. The molecule has 8 heteroatoms. The summed E-state index contributed by atoms with van der Waals surface area (Å²) in [5, 5.41) is 9.85. The Morgan fingerprint density at radius 1 is 1.17 bits per heavy atom. The summed E-state index contributed by atoms with van der Waals surface area (Å²) in [5.74, 6) is -2.78. The topological polar surface area (TPSA) is 107 Å². The molecule has 23 heavy (non-hydrogen) atoms. The second kappa shape index (κ2) is 5.81. The second-order valence-electron chi connectivity index (χ2n) is 5.41. The molecule has 2 heterocycles. The lowest BCUT2D eigenvalue weighted by molar-refractivity contribution is -0.148. The van der Waals surface area contributed by atoms with Crippen molar-refractivity contribution in [2.75, 3.05) is 13.1 Å². The van der Waals surface area contributed by atoms with E-state index < -0.39 is 36.3 Å². The summed E-state index contributed by atoms with van der Waals surface area (Å²) in [4.78, 5) is 49.4. The number of carbonyl (C=O) groups excluding carboxylic acids is 3. The Morgan fingerprint density at radius 3 is 2.35 bits per heavy atom. The number of amides is 3. The number of hydrogen-bond acceptors (Lipinski definition) is 5. The lowest BCUT2D eigenvalue weighted by Gasteiger charge is -2.27. The smallest absolute Gasteiger partial charge is 0.324 e. The minimum Gasteiger partial charge on any atom is -0.480 e. The van der Waals surface area contributed by atoms with Gasteiger partial charge in [-0.2, -0.15) is 0 Å². The highest BCUT2D eigenvalue weighted by Crippen LogP contribution is 2.27. The first-order valence-electron chi connectivity index (χ1n) is 7.24. The number of carboxylic acid groups (broad SMARTS) is 1. The van der Waals surface area contributed by atoms with Crippen molar-refractivity contribution in [2.45, 2.75) is 18.9 Å². The normalized spacial score (nSPS) is 21.4. The fraction of sp³-hybridized carbons (Fsp3) is 0.333. The molecule has 1 fully saturated rings. The third-order valence-electron chi connectivity index (χ3n) is 3.94. The summed E-state index contributed by atoms with van der Waals surface area (Å²) in [5.41, 5.74) is 3.26. The summed E-state index contributed by atoms with van der Waals surface area (Å²) in [6, 6.07) is 5.41. The van der Waals surface area contributed by atoms with Crippen LogP contribution in [0.25, 0.3) is 0 Å². The Labute approximate surface area is 131 Å². The van der Waals surface area contributed by atoms with Gasteiger partial charge in [0, 0.05) is 6.54 Å². The molecule has 1 saturated heterocycles. The Hall–Kier alpha value is -2.74. The van der Waals surface area contributed by atoms with Crippen LogP contribution in [0.3, 0.4) is 0 Å². The van der Waals surface area contributed by atoms with Crippen LogP contribution >= 0.6 is 0 Å². The zero-order chi connectivity index (χ0) is 16.6. The number of imide groups is 1. The van der Waals surface area contributed by atoms with Gasteiger partial charge in [0.2, 0.25) is 0 Å². The molecule has 2 N–H and O–H groups in total. The number of hydrazine groups is 1. The number of hydrogen-bond donors (Lipinski definition) is 2. The molecular weight excluding hydrogens is 302 g/mol. The predicted molar refractivity (Wildman–Crippen MR) is 77.3 cm³/mol. The number of aliphatic carboxylic acids is 1. The van der Waals surface area contributed by atoms with Crippen LogP contribution < -0.4 is 5.43 Å². The van der Waals surface area contributed by atoms with E-state index in [4.69, 9.17) is 5.11 Å². The summed E-state index contributed by atoms with van der Waals surface area (Å²) in [7, 11) is 0. The van der Waals surface area contributed by atoms with Gasteiger partial charge in [0.25, 0.3) is 17.7 Å². The highest BCUT2D eigenvalue weighted by Gasteiger charge is 2.44. The molecule has 0 aliphatic carbocycles. The van der Waals surface area contributed by atoms with Crippen LogP contribution in [0.4, 0.5) is 0 Å². The van der Waals surface area contributed by atoms with Gasteiger partial charge in [-0.3, -0.25) is 29.1 Å². The Balaban J connectivity index is 1.91. The molecule has 120 valence electrons. The first-order chi connectivity index (χ1) is 11.0. The monoisotopic (exact) mass is 317 g/mol. The van der Waals surface area contributed by atoms with Crippen molar-refractivity contribution in [2.24, 2.45) is 0 Å². The van der Waals surface area contributed by atoms with Crippen LogP contribution in [0.2, 0.25) is 0 Å². The van der Waals surface area contributed by atoms with Gasteiger partial charge in [-0.05, 0) is 25.0 Å². The zero-order valence-corrected chi connectivity index (χ0v) is 12.2. The molecule has 1 atom stereocenters. The fourth-order valence-electron chi connectivity index (χ4n) is 2.89. The molecule has 2 aliphatic rings. The van der Waals surface area contributed by atoms with Crippen molar-refractivity contribution < 1.29 is 24.3 Å². The van der Waals surface area contributed by atoms with E-state index in [1.54, 1.807) is 24.3 Å². The average molecular weight is 317 g/mol. The summed E-state index contributed by atoms with van der Waals surface area (Å²) < 4.78 is 0. The quantitative estimate of drug-likeness (QED) is 0.752. The number of carboxylic acids is 1. The van der Waals surface area contributed by atoms with Crippen LogP contribution in [0, 0.1) is 0 Å². The zero-order valence-electron chi connectivity index (χ0n) is 12.2. The van der Waals surface area contributed by atoms with Crippen LogP contribution in [0.1, 0.15) is 33.6 Å². The first kappa shape index (κ1) is 15.2. The van der Waals surface area contributed by atoms with Gasteiger partial charge in [0.05, 0.1) is 11.1 Å². The van der Waals surface area contributed by atoms with E-state index in [1.165, 1.54) is 0 Å². The van der Waals surface area contributed by atoms with Crippen molar-refractivity contribution in [3.8, 4) is 0 Å². The van der Waals surface area contributed by atoms with Crippen LogP contribution in [-0.4, -0.2) is 57.8 Å². The van der Waals surface area contributed by atoms with Crippen molar-refractivity contribution >= 4 is 23.7 Å². The largest absolute Gasteiger partial charge is 0.480 e. The van der Waals surface area contributed by atoms with Gasteiger partial charge in [0.1, 0.15) is 12.6 Å². The van der Waals surface area contributed by atoms with Crippen molar-refractivity contribution in [1.82, 2.24) is 15.3 Å². The fourth-order valence-corrected chi connectivity index (χ4v) is 2.89. The number of nitrogens with zero attached hydrogens (tertiary/aromatic N) is 2. The summed E-state index contributed by atoms with van der Waals surface area (Å²) in [6.07, 6.45) is 0.841. The number of benzene rings is 1. The molecule has 1 unspecified atom stereocenters. The molecule has 3 rings (SSSR count). The van der Waals surface area contributed by atoms with Crippen molar-refractivity contribution in [3.63, 3.8) is 0 Å². The van der Waals surface area contributed by atoms with E-state index in [1.807, 2.05) is 0 Å². The molecule has 0 spiro atoms. The maximum Gasteiger partial charge on any atom is 0.324 e. The van der Waals surface area contributed by atoms with Crippen LogP contribution in [-0.2, 0) is 9.59 Å². The SMILES string of the molecule is O=C(O)CN1NCCCC(N2C(=O)c3ccccc3C2=O)C1=O. The minimum atomic E-state index is -1.17. The first-order valence-corrected chi connectivity index (χ1v) is 7.24. The van der Waals surface area contributed by atoms with E-state index in [0.717, 1.165) is 9.91 Å². The van der Waals surface area contributed by atoms with E-state index in [9.17, 15) is 19.2 Å². The Morgan fingerprint density at radius 2 is 1.78 bits per heavy atom. The maximum atomic E-state index is 12.6. The van der Waals surface area contributed by atoms with Crippen LogP contribution in [0.15, 0.2) is 24.3 Å². The third kappa shape index (κ3) is 2.57. The average Bonchev–Trinajstić information content (AvgIpc) is 2.66. The number of carbonyl (C=O) groups is 4. The number of rotatable bonds is 3. The van der Waals surface area contributed by atoms with Gasteiger partial charge in [-0.1, -0.05) is 12.1 Å². The standard InChI is InChI=1S/C15H15N3O5/c19-12(20)8-17-15(23)11(6-3-7-16-17)18-13(21)9-4-1-2-5-10(9)14(18)22/h1-2,4-5,11,16H,3,6-8H2,(H,19,20). The molecule has 0 aromatic heterocycles. The van der Waals surface area contributed by atoms with Gasteiger partial charge in [-0.25, -0.2) is 5.43 Å².